The van der Waals surface area contributed by atoms with Crippen LogP contribution in [-0.2, 0) is 4.79 Å². The average Bonchev–Trinajstić information content (AvgIpc) is 2.44. The molecule has 0 unspecified atom stereocenters. The molecule has 0 saturated heterocycles. The Balaban J connectivity index is 2.04. The van der Waals surface area contributed by atoms with Crippen LogP contribution < -0.4 is 5.32 Å². The molecule has 2 aromatic heterocycles. The molecule has 112 valence electrons. The summed E-state index contributed by atoms with van der Waals surface area (Å²) in [7, 11) is 0. The van der Waals surface area contributed by atoms with E-state index in [2.05, 4.69) is 21.4 Å². The molecular weight excluding hydrogens is 296 g/mol. The quantitative estimate of drug-likeness (QED) is 0.878. The molecule has 0 saturated carbocycles. The predicted molar refractivity (Wildman–Crippen MR) is 86.8 cm³/mol. The fourth-order valence-corrected chi connectivity index (χ4v) is 2.87. The van der Waals surface area contributed by atoms with Gasteiger partial charge in [0.15, 0.2) is 0 Å². The molecule has 0 fully saturated rings. The summed E-state index contributed by atoms with van der Waals surface area (Å²) in [6, 6.07) is 9.45. The summed E-state index contributed by atoms with van der Waals surface area (Å²) in [5.41, 5.74) is 3.07. The van der Waals surface area contributed by atoms with Gasteiger partial charge in [0.05, 0.1) is 11.3 Å². The number of aryl methyl sites for hydroxylation is 3. The van der Waals surface area contributed by atoms with Crippen molar-refractivity contribution in [1.29, 1.82) is 5.26 Å². The molecule has 0 spiro atoms. The Kier molecular flexibility index (Phi) is 5.12. The maximum atomic E-state index is 12.0. The lowest BCUT2D eigenvalue weighted by molar-refractivity contribution is -0.113. The van der Waals surface area contributed by atoms with E-state index in [1.807, 2.05) is 39.0 Å². The van der Waals surface area contributed by atoms with Gasteiger partial charge in [-0.3, -0.25) is 4.79 Å². The van der Waals surface area contributed by atoms with Crippen molar-refractivity contribution < 1.29 is 4.79 Å². The highest BCUT2D eigenvalue weighted by Crippen LogP contribution is 2.23. The van der Waals surface area contributed by atoms with Crippen LogP contribution in [0.1, 0.15) is 22.5 Å². The Hall–Kier alpha value is -2.39. The van der Waals surface area contributed by atoms with Gasteiger partial charge < -0.3 is 5.32 Å². The topological polar surface area (TPSA) is 78.7 Å². The summed E-state index contributed by atoms with van der Waals surface area (Å²) in [6.07, 6.45) is 0. The van der Waals surface area contributed by atoms with Crippen molar-refractivity contribution in [1.82, 2.24) is 9.97 Å². The summed E-state index contributed by atoms with van der Waals surface area (Å²) in [5, 5.41) is 12.5. The molecule has 0 radical (unpaired) electrons. The molecule has 6 heteroatoms. The monoisotopic (exact) mass is 312 g/mol. The van der Waals surface area contributed by atoms with Gasteiger partial charge in [0.2, 0.25) is 5.91 Å². The van der Waals surface area contributed by atoms with Gasteiger partial charge in [-0.2, -0.15) is 5.26 Å². The van der Waals surface area contributed by atoms with E-state index in [9.17, 15) is 10.1 Å². The van der Waals surface area contributed by atoms with Gasteiger partial charge in [0.1, 0.15) is 16.9 Å². The van der Waals surface area contributed by atoms with Crippen LogP contribution in [0, 0.1) is 32.1 Å². The van der Waals surface area contributed by atoms with E-state index in [-0.39, 0.29) is 11.7 Å². The van der Waals surface area contributed by atoms with Crippen LogP contribution in [-0.4, -0.2) is 21.6 Å². The molecule has 0 aromatic carbocycles. The fourth-order valence-electron chi connectivity index (χ4n) is 1.97. The molecule has 22 heavy (non-hydrogen) atoms. The first-order valence-electron chi connectivity index (χ1n) is 6.74. The molecule has 2 aromatic rings. The number of nitrogens with one attached hydrogen (secondary N) is 1. The van der Waals surface area contributed by atoms with Gasteiger partial charge in [-0.15, -0.1) is 0 Å². The summed E-state index contributed by atoms with van der Waals surface area (Å²) in [4.78, 5) is 20.5. The molecule has 0 aliphatic rings. The maximum Gasteiger partial charge on any atom is 0.235 e. The van der Waals surface area contributed by atoms with Crippen molar-refractivity contribution in [2.24, 2.45) is 0 Å². The summed E-state index contributed by atoms with van der Waals surface area (Å²) < 4.78 is 0. The molecule has 0 bridgehead atoms. The lowest BCUT2D eigenvalue weighted by Crippen LogP contribution is -2.15. The number of rotatable bonds is 4. The minimum atomic E-state index is -0.173. The normalized spacial score (nSPS) is 10.1. The zero-order valence-electron chi connectivity index (χ0n) is 12.7. The third-order valence-electron chi connectivity index (χ3n) is 2.92. The molecule has 0 atom stereocenters. The van der Waals surface area contributed by atoms with Crippen molar-refractivity contribution in [3.05, 3.63) is 46.8 Å². The molecule has 2 rings (SSSR count). The summed E-state index contributed by atoms with van der Waals surface area (Å²) in [5.74, 6) is 0.535. The van der Waals surface area contributed by atoms with Crippen molar-refractivity contribution in [3.63, 3.8) is 0 Å². The van der Waals surface area contributed by atoms with E-state index < -0.39 is 0 Å². The van der Waals surface area contributed by atoms with Gasteiger partial charge >= 0.3 is 0 Å². The molecule has 1 amide bonds. The summed E-state index contributed by atoms with van der Waals surface area (Å²) >= 11 is 1.26. The first-order chi connectivity index (χ1) is 10.5. The molecule has 5 nitrogen and oxygen atoms in total. The first-order valence-corrected chi connectivity index (χ1v) is 7.73. The zero-order chi connectivity index (χ0) is 16.1. The van der Waals surface area contributed by atoms with Crippen molar-refractivity contribution in [3.8, 4) is 6.07 Å². The largest absolute Gasteiger partial charge is 0.310 e. The van der Waals surface area contributed by atoms with Crippen LogP contribution in [0.3, 0.4) is 0 Å². The molecule has 0 aliphatic carbocycles. The fraction of sp³-hybridized carbons (Fsp3) is 0.250. The number of amides is 1. The Bertz CT molecular complexity index is 752. The van der Waals surface area contributed by atoms with Crippen molar-refractivity contribution in [2.75, 3.05) is 11.1 Å². The van der Waals surface area contributed by atoms with Crippen LogP contribution in [0.25, 0.3) is 0 Å². The average molecular weight is 312 g/mol. The third-order valence-corrected chi connectivity index (χ3v) is 3.89. The van der Waals surface area contributed by atoms with E-state index in [4.69, 9.17) is 0 Å². The standard InChI is InChI=1S/C16H16N4OS/c1-10-7-12(3)19-16(13(10)8-17)22-9-15(21)20-14-6-4-5-11(2)18-14/h4-7H,9H2,1-3H3,(H,18,20,21). The van der Waals surface area contributed by atoms with E-state index >= 15 is 0 Å². The Morgan fingerprint density at radius 1 is 1.27 bits per heavy atom. The minimum absolute atomic E-state index is 0.173. The maximum absolute atomic E-state index is 12.0. The molecular formula is C16H16N4OS. The van der Waals surface area contributed by atoms with E-state index in [1.165, 1.54) is 11.8 Å². The Labute approximate surface area is 133 Å². The number of carbonyl (C=O) groups excluding carboxylic acids is 1. The second-order valence-electron chi connectivity index (χ2n) is 4.87. The number of hydrogen-bond acceptors (Lipinski definition) is 5. The van der Waals surface area contributed by atoms with Crippen LogP contribution in [0.15, 0.2) is 29.3 Å². The van der Waals surface area contributed by atoms with Crippen LogP contribution in [0.4, 0.5) is 5.82 Å². The molecule has 2 heterocycles. The highest BCUT2D eigenvalue weighted by Gasteiger charge is 2.12. The highest BCUT2D eigenvalue weighted by molar-refractivity contribution is 8.00. The number of nitrogens with zero attached hydrogens (tertiary/aromatic N) is 3. The van der Waals surface area contributed by atoms with Crippen LogP contribution in [0.2, 0.25) is 0 Å². The SMILES string of the molecule is Cc1cccc(NC(=O)CSc2nc(C)cc(C)c2C#N)n1. The van der Waals surface area contributed by atoms with E-state index in [0.717, 1.165) is 17.0 Å². The number of carbonyl (C=O) groups is 1. The third kappa shape index (κ3) is 4.06. The van der Waals surface area contributed by atoms with Gasteiger partial charge in [0.25, 0.3) is 0 Å². The van der Waals surface area contributed by atoms with Crippen molar-refractivity contribution >= 4 is 23.5 Å². The number of anilines is 1. The van der Waals surface area contributed by atoms with Crippen molar-refractivity contribution in [2.45, 2.75) is 25.8 Å². The molecule has 0 aliphatic heterocycles. The Morgan fingerprint density at radius 2 is 2.05 bits per heavy atom. The predicted octanol–water partition coefficient (Wildman–Crippen LogP) is 3.00. The lowest BCUT2D eigenvalue weighted by Gasteiger charge is -2.08. The second-order valence-corrected chi connectivity index (χ2v) is 5.84. The smallest absolute Gasteiger partial charge is 0.235 e. The molecule has 1 N–H and O–H groups in total. The van der Waals surface area contributed by atoms with E-state index in [0.29, 0.717) is 16.4 Å². The minimum Gasteiger partial charge on any atom is -0.310 e. The lowest BCUT2D eigenvalue weighted by atomic mass is 10.1. The van der Waals surface area contributed by atoms with Gasteiger partial charge in [-0.1, -0.05) is 17.8 Å². The highest BCUT2D eigenvalue weighted by atomic mass is 32.2. The van der Waals surface area contributed by atoms with E-state index in [1.54, 1.807) is 6.07 Å². The van der Waals surface area contributed by atoms with Gasteiger partial charge in [-0.05, 0) is 44.5 Å². The van der Waals surface area contributed by atoms with Gasteiger partial charge in [0, 0.05) is 11.4 Å². The second kappa shape index (κ2) is 7.05. The van der Waals surface area contributed by atoms with Gasteiger partial charge in [-0.25, -0.2) is 9.97 Å². The van der Waals surface area contributed by atoms with Crippen LogP contribution >= 0.6 is 11.8 Å². The first kappa shape index (κ1) is 16.0. The number of nitriles is 1. The number of aromatic nitrogens is 2. The summed E-state index contributed by atoms with van der Waals surface area (Å²) in [6.45, 7) is 5.60. The Morgan fingerprint density at radius 3 is 2.73 bits per heavy atom. The zero-order valence-corrected chi connectivity index (χ0v) is 13.5. The van der Waals surface area contributed by atoms with Crippen LogP contribution in [0.5, 0.6) is 0 Å². The number of hydrogen-bond donors (Lipinski definition) is 1. The number of pyridine rings is 2. The number of thioether (sulfide) groups is 1.